The van der Waals surface area contributed by atoms with Gasteiger partial charge in [0.1, 0.15) is 18.4 Å². The second-order valence-corrected chi connectivity index (χ2v) is 6.24. The number of nitrogens with zero attached hydrogens (tertiary/aromatic N) is 1. The van der Waals surface area contributed by atoms with Crippen molar-refractivity contribution in [3.8, 4) is 5.75 Å². The molecule has 0 radical (unpaired) electrons. The van der Waals surface area contributed by atoms with Crippen LogP contribution in [0.3, 0.4) is 0 Å². The molecular formula is C19H24F2N2O2. The van der Waals surface area contributed by atoms with Gasteiger partial charge in [-0.3, -0.25) is 4.90 Å². The molecule has 0 unspecified atom stereocenters. The number of fused-ring (bicyclic) bond motifs is 1. The highest BCUT2D eigenvalue weighted by atomic mass is 19.3. The second kappa shape index (κ2) is 7.64. The van der Waals surface area contributed by atoms with E-state index in [1.165, 1.54) is 0 Å². The summed E-state index contributed by atoms with van der Waals surface area (Å²) in [5.74, 6) is -2.81. The van der Waals surface area contributed by atoms with E-state index in [9.17, 15) is 13.9 Å². The van der Waals surface area contributed by atoms with Gasteiger partial charge >= 0.3 is 0 Å². The number of alkyl halides is 2. The lowest BCUT2D eigenvalue weighted by atomic mass is 9.92. The topological polar surface area (TPSA) is 44.7 Å². The molecule has 6 heteroatoms. The average molecular weight is 350 g/mol. The van der Waals surface area contributed by atoms with Gasteiger partial charge < -0.3 is 15.2 Å². The van der Waals surface area contributed by atoms with Crippen LogP contribution in [0.4, 0.5) is 8.78 Å². The Kier molecular flexibility index (Phi) is 5.51. The van der Waals surface area contributed by atoms with Crippen molar-refractivity contribution < 1.29 is 18.6 Å². The predicted octanol–water partition coefficient (Wildman–Crippen LogP) is 2.81. The molecule has 1 aliphatic heterocycles. The third kappa shape index (κ3) is 3.61. The van der Waals surface area contributed by atoms with E-state index in [4.69, 9.17) is 4.74 Å². The van der Waals surface area contributed by atoms with Crippen LogP contribution in [0.15, 0.2) is 36.4 Å². The molecule has 0 amide bonds. The Morgan fingerprint density at radius 2 is 1.92 bits per heavy atom. The SMILES string of the molecule is CCOc1ccc2ccccc2c1[C@H](N1CCNCC1)C(F)(F)CO. The first-order valence-electron chi connectivity index (χ1n) is 8.66. The maximum atomic E-state index is 14.9. The Hall–Kier alpha value is -1.76. The summed E-state index contributed by atoms with van der Waals surface area (Å²) < 4.78 is 35.4. The van der Waals surface area contributed by atoms with Gasteiger partial charge in [-0.05, 0) is 23.8 Å². The molecule has 0 aromatic heterocycles. The molecule has 2 aromatic carbocycles. The minimum Gasteiger partial charge on any atom is -0.494 e. The summed E-state index contributed by atoms with van der Waals surface area (Å²) in [5.41, 5.74) is 0.459. The molecule has 25 heavy (non-hydrogen) atoms. The lowest BCUT2D eigenvalue weighted by Gasteiger charge is -2.39. The van der Waals surface area contributed by atoms with Crippen molar-refractivity contribution in [2.75, 3.05) is 39.4 Å². The van der Waals surface area contributed by atoms with Gasteiger partial charge in [-0.25, -0.2) is 8.78 Å². The Labute approximate surface area is 146 Å². The van der Waals surface area contributed by atoms with Crippen molar-refractivity contribution in [3.05, 3.63) is 42.0 Å². The van der Waals surface area contributed by atoms with Gasteiger partial charge in [0.2, 0.25) is 0 Å². The molecule has 0 bridgehead atoms. The molecule has 3 rings (SSSR count). The number of ether oxygens (including phenoxy) is 1. The monoisotopic (exact) mass is 350 g/mol. The summed E-state index contributed by atoms with van der Waals surface area (Å²) in [6.45, 7) is 3.31. The molecule has 2 aromatic rings. The highest BCUT2D eigenvalue weighted by Gasteiger charge is 2.46. The van der Waals surface area contributed by atoms with E-state index in [1.54, 1.807) is 11.0 Å². The van der Waals surface area contributed by atoms with Crippen LogP contribution < -0.4 is 10.1 Å². The number of hydrogen-bond donors (Lipinski definition) is 2. The van der Waals surface area contributed by atoms with Crippen LogP contribution in [0.2, 0.25) is 0 Å². The number of hydrogen-bond acceptors (Lipinski definition) is 4. The fraction of sp³-hybridized carbons (Fsp3) is 0.474. The van der Waals surface area contributed by atoms with Crippen LogP contribution in [0.1, 0.15) is 18.5 Å². The van der Waals surface area contributed by atoms with Crippen LogP contribution in [-0.2, 0) is 0 Å². The van der Waals surface area contributed by atoms with E-state index in [2.05, 4.69) is 5.32 Å². The summed E-state index contributed by atoms with van der Waals surface area (Å²) >= 11 is 0. The van der Waals surface area contributed by atoms with Crippen molar-refractivity contribution in [2.24, 2.45) is 0 Å². The van der Waals surface area contributed by atoms with Gasteiger partial charge in [-0.1, -0.05) is 30.3 Å². The van der Waals surface area contributed by atoms with Crippen LogP contribution >= 0.6 is 0 Å². The maximum Gasteiger partial charge on any atom is 0.290 e. The van der Waals surface area contributed by atoms with E-state index in [-0.39, 0.29) is 0 Å². The molecule has 1 fully saturated rings. The highest BCUT2D eigenvalue weighted by Crippen LogP contribution is 2.44. The van der Waals surface area contributed by atoms with E-state index in [1.807, 2.05) is 37.3 Å². The number of piperazine rings is 1. The number of benzene rings is 2. The van der Waals surface area contributed by atoms with Gasteiger partial charge in [-0.2, -0.15) is 0 Å². The van der Waals surface area contributed by atoms with Crippen LogP contribution in [-0.4, -0.2) is 55.3 Å². The highest BCUT2D eigenvalue weighted by molar-refractivity contribution is 5.88. The first-order chi connectivity index (χ1) is 12.1. The molecule has 0 aliphatic carbocycles. The minimum absolute atomic E-state index is 0.393. The van der Waals surface area contributed by atoms with E-state index < -0.39 is 18.6 Å². The van der Waals surface area contributed by atoms with Gasteiger partial charge in [-0.15, -0.1) is 0 Å². The third-order valence-electron chi connectivity index (χ3n) is 4.63. The Morgan fingerprint density at radius 1 is 1.20 bits per heavy atom. The Morgan fingerprint density at radius 3 is 2.60 bits per heavy atom. The smallest absolute Gasteiger partial charge is 0.290 e. The largest absolute Gasteiger partial charge is 0.494 e. The molecule has 4 nitrogen and oxygen atoms in total. The number of nitrogens with one attached hydrogen (secondary N) is 1. The van der Waals surface area contributed by atoms with E-state index >= 15 is 0 Å². The first kappa shape index (κ1) is 18.0. The van der Waals surface area contributed by atoms with Crippen molar-refractivity contribution in [2.45, 2.75) is 18.9 Å². The fourth-order valence-corrected chi connectivity index (χ4v) is 3.53. The molecule has 0 saturated carbocycles. The molecule has 1 atom stereocenters. The molecular weight excluding hydrogens is 326 g/mol. The van der Waals surface area contributed by atoms with Gasteiger partial charge in [0.25, 0.3) is 5.92 Å². The summed E-state index contributed by atoms with van der Waals surface area (Å²) in [5, 5.41) is 14.2. The number of halogens is 2. The van der Waals surface area contributed by atoms with Gasteiger partial charge in [0.15, 0.2) is 0 Å². The first-order valence-corrected chi connectivity index (χ1v) is 8.66. The molecule has 136 valence electrons. The van der Waals surface area contributed by atoms with Crippen LogP contribution in [0.5, 0.6) is 5.75 Å². The average Bonchev–Trinajstić information content (AvgIpc) is 2.64. The fourth-order valence-electron chi connectivity index (χ4n) is 3.53. The molecule has 1 heterocycles. The number of aliphatic hydroxyl groups is 1. The summed E-state index contributed by atoms with van der Waals surface area (Å²) in [6.07, 6.45) is 0. The lowest BCUT2D eigenvalue weighted by molar-refractivity contribution is -0.118. The summed E-state index contributed by atoms with van der Waals surface area (Å²) in [7, 11) is 0. The Balaban J connectivity index is 2.21. The van der Waals surface area contributed by atoms with Crippen LogP contribution in [0.25, 0.3) is 10.8 Å². The second-order valence-electron chi connectivity index (χ2n) is 6.24. The quantitative estimate of drug-likeness (QED) is 0.841. The summed E-state index contributed by atoms with van der Waals surface area (Å²) in [6, 6.07) is 9.88. The normalized spacial score (nSPS) is 17.6. The van der Waals surface area contributed by atoms with E-state index in [0.29, 0.717) is 44.1 Å². The minimum atomic E-state index is -3.27. The third-order valence-corrected chi connectivity index (χ3v) is 4.63. The molecule has 1 saturated heterocycles. The van der Waals surface area contributed by atoms with Gasteiger partial charge in [0, 0.05) is 31.7 Å². The van der Waals surface area contributed by atoms with Gasteiger partial charge in [0.05, 0.1) is 6.61 Å². The van der Waals surface area contributed by atoms with Crippen molar-refractivity contribution in [1.29, 1.82) is 0 Å². The number of rotatable bonds is 6. The van der Waals surface area contributed by atoms with Crippen molar-refractivity contribution in [1.82, 2.24) is 10.2 Å². The maximum absolute atomic E-state index is 14.9. The lowest BCUT2D eigenvalue weighted by Crippen LogP contribution is -2.51. The van der Waals surface area contributed by atoms with E-state index in [0.717, 1.165) is 10.8 Å². The summed E-state index contributed by atoms with van der Waals surface area (Å²) in [4.78, 5) is 1.75. The molecule has 2 N–H and O–H groups in total. The predicted molar refractivity (Wildman–Crippen MR) is 94.3 cm³/mol. The number of aliphatic hydroxyl groups excluding tert-OH is 1. The zero-order chi connectivity index (χ0) is 17.9. The molecule has 1 aliphatic rings. The standard InChI is InChI=1S/C19H24F2N2O2/c1-2-25-16-8-7-14-5-3-4-6-15(14)17(16)18(19(20,21)13-24)23-11-9-22-10-12-23/h3-8,18,22,24H,2,9-13H2,1H3/t18-/m0/s1. The van der Waals surface area contributed by atoms with Crippen molar-refractivity contribution >= 4 is 10.8 Å². The zero-order valence-electron chi connectivity index (χ0n) is 14.3. The Bertz CT molecular complexity index is 718. The van der Waals surface area contributed by atoms with Crippen molar-refractivity contribution in [3.63, 3.8) is 0 Å². The molecule has 0 spiro atoms. The van der Waals surface area contributed by atoms with Crippen LogP contribution in [0, 0.1) is 0 Å². The zero-order valence-corrected chi connectivity index (χ0v) is 14.3.